The second-order valence-corrected chi connectivity index (χ2v) is 5.75. The fourth-order valence-corrected chi connectivity index (χ4v) is 2.78. The summed E-state index contributed by atoms with van der Waals surface area (Å²) in [7, 11) is 0. The summed E-state index contributed by atoms with van der Waals surface area (Å²) in [6.07, 6.45) is -0.00968. The zero-order valence-corrected chi connectivity index (χ0v) is 12.2. The fraction of sp³-hybridized carbons (Fsp3) is 0.571. The van der Waals surface area contributed by atoms with Crippen LogP contribution in [0.2, 0.25) is 0 Å². The number of aromatic nitrogens is 4. The molecule has 120 valence electrons. The zero-order valence-electron chi connectivity index (χ0n) is 12.2. The lowest BCUT2D eigenvalue weighted by molar-refractivity contribution is -0.141. The van der Waals surface area contributed by atoms with Gasteiger partial charge in [0.05, 0.1) is 6.20 Å². The van der Waals surface area contributed by atoms with E-state index in [1.807, 2.05) is 6.92 Å². The normalized spacial score (nSPS) is 18.5. The second-order valence-electron chi connectivity index (χ2n) is 5.75. The van der Waals surface area contributed by atoms with Crippen molar-refractivity contribution in [3.63, 3.8) is 0 Å². The highest BCUT2D eigenvalue weighted by molar-refractivity contribution is 5.14. The molecule has 0 saturated carbocycles. The SMILES string of the molecule is Cc1[nH]ncc1CNC[C@@H]1CCc2nc(C(F)(F)F)cn2C1. The van der Waals surface area contributed by atoms with Crippen LogP contribution in [-0.2, 0) is 25.7 Å². The molecule has 1 aliphatic rings. The average Bonchev–Trinajstić information content (AvgIpc) is 3.04. The quantitative estimate of drug-likeness (QED) is 0.910. The molecule has 0 bridgehead atoms. The van der Waals surface area contributed by atoms with Gasteiger partial charge in [0.1, 0.15) is 5.82 Å². The molecular formula is C14H18F3N5. The molecule has 2 N–H and O–H groups in total. The summed E-state index contributed by atoms with van der Waals surface area (Å²) in [5.74, 6) is 0.851. The van der Waals surface area contributed by atoms with Crippen LogP contribution in [-0.4, -0.2) is 26.3 Å². The van der Waals surface area contributed by atoms with E-state index in [9.17, 15) is 13.2 Å². The molecule has 22 heavy (non-hydrogen) atoms. The predicted molar refractivity (Wildman–Crippen MR) is 74.1 cm³/mol. The van der Waals surface area contributed by atoms with E-state index < -0.39 is 11.9 Å². The Balaban J connectivity index is 1.55. The first kappa shape index (κ1) is 15.1. The number of hydrogen-bond acceptors (Lipinski definition) is 3. The lowest BCUT2D eigenvalue weighted by atomic mass is 9.99. The van der Waals surface area contributed by atoms with Gasteiger partial charge in [-0.2, -0.15) is 18.3 Å². The highest BCUT2D eigenvalue weighted by Crippen LogP contribution is 2.30. The van der Waals surface area contributed by atoms with Crippen LogP contribution in [0.4, 0.5) is 13.2 Å². The molecule has 0 aliphatic carbocycles. The molecule has 0 fully saturated rings. The minimum Gasteiger partial charge on any atom is -0.334 e. The van der Waals surface area contributed by atoms with Gasteiger partial charge >= 0.3 is 6.18 Å². The summed E-state index contributed by atoms with van der Waals surface area (Å²) in [4.78, 5) is 3.69. The molecular weight excluding hydrogens is 295 g/mol. The molecule has 5 nitrogen and oxygen atoms in total. The third-order valence-electron chi connectivity index (χ3n) is 4.06. The van der Waals surface area contributed by atoms with Crippen molar-refractivity contribution < 1.29 is 13.2 Å². The van der Waals surface area contributed by atoms with Crippen LogP contribution in [0.25, 0.3) is 0 Å². The van der Waals surface area contributed by atoms with Gasteiger partial charge in [-0.15, -0.1) is 0 Å². The van der Waals surface area contributed by atoms with Gasteiger partial charge in [0, 0.05) is 37.0 Å². The Morgan fingerprint density at radius 3 is 2.95 bits per heavy atom. The van der Waals surface area contributed by atoms with Crippen LogP contribution in [0.5, 0.6) is 0 Å². The van der Waals surface area contributed by atoms with Crippen LogP contribution in [0.1, 0.15) is 29.2 Å². The number of aryl methyl sites for hydroxylation is 2. The Bertz CT molecular complexity index is 643. The minimum atomic E-state index is -4.36. The average molecular weight is 313 g/mol. The summed E-state index contributed by atoms with van der Waals surface area (Å²) in [5.41, 5.74) is 1.35. The maximum absolute atomic E-state index is 12.7. The maximum Gasteiger partial charge on any atom is 0.434 e. The summed E-state index contributed by atoms with van der Waals surface area (Å²) in [6.45, 7) is 4.02. The van der Waals surface area contributed by atoms with Gasteiger partial charge in [0.25, 0.3) is 0 Å². The fourth-order valence-electron chi connectivity index (χ4n) is 2.78. The number of nitrogens with one attached hydrogen (secondary N) is 2. The molecule has 1 aliphatic heterocycles. The Kier molecular flexibility index (Phi) is 3.94. The Morgan fingerprint density at radius 2 is 2.27 bits per heavy atom. The number of rotatable bonds is 4. The van der Waals surface area contributed by atoms with Crippen molar-refractivity contribution in [2.75, 3.05) is 6.54 Å². The summed E-state index contributed by atoms with van der Waals surface area (Å²) in [5, 5.41) is 10.2. The third-order valence-corrected chi connectivity index (χ3v) is 4.06. The van der Waals surface area contributed by atoms with Crippen molar-refractivity contribution in [1.82, 2.24) is 25.1 Å². The summed E-state index contributed by atoms with van der Waals surface area (Å²) < 4.78 is 39.7. The van der Waals surface area contributed by atoms with E-state index in [0.29, 0.717) is 31.3 Å². The highest BCUT2D eigenvalue weighted by Gasteiger charge is 2.35. The molecule has 0 radical (unpaired) electrons. The van der Waals surface area contributed by atoms with Crippen LogP contribution < -0.4 is 5.32 Å². The number of halogens is 3. The highest BCUT2D eigenvalue weighted by atomic mass is 19.4. The van der Waals surface area contributed by atoms with Gasteiger partial charge in [-0.25, -0.2) is 4.98 Å². The van der Waals surface area contributed by atoms with E-state index in [4.69, 9.17) is 0 Å². The molecule has 1 atom stereocenters. The number of H-pyrrole nitrogens is 1. The maximum atomic E-state index is 12.7. The standard InChI is InChI=1S/C14H18F3N5/c1-9-11(6-19-21-9)5-18-4-10-2-3-13-20-12(14(15,16)17)8-22(13)7-10/h6,8,10,18H,2-5,7H2,1H3,(H,19,21)/t10-/m0/s1. The molecule has 2 aromatic heterocycles. The lowest BCUT2D eigenvalue weighted by Crippen LogP contribution is -2.29. The van der Waals surface area contributed by atoms with Crippen molar-refractivity contribution >= 4 is 0 Å². The van der Waals surface area contributed by atoms with Gasteiger partial charge < -0.3 is 9.88 Å². The molecule has 0 saturated heterocycles. The van der Waals surface area contributed by atoms with E-state index in [1.54, 1.807) is 10.8 Å². The summed E-state index contributed by atoms with van der Waals surface area (Å²) in [6, 6.07) is 0. The van der Waals surface area contributed by atoms with Gasteiger partial charge in [-0.05, 0) is 25.8 Å². The Labute approximate surface area is 125 Å². The number of imidazole rings is 1. The molecule has 0 amide bonds. The van der Waals surface area contributed by atoms with E-state index in [2.05, 4.69) is 20.5 Å². The van der Waals surface area contributed by atoms with E-state index in [0.717, 1.165) is 30.4 Å². The van der Waals surface area contributed by atoms with Crippen LogP contribution >= 0.6 is 0 Å². The van der Waals surface area contributed by atoms with Crippen LogP contribution in [0, 0.1) is 12.8 Å². The smallest absolute Gasteiger partial charge is 0.334 e. The first-order valence-electron chi connectivity index (χ1n) is 7.26. The van der Waals surface area contributed by atoms with Gasteiger partial charge in [0.2, 0.25) is 0 Å². The lowest BCUT2D eigenvalue weighted by Gasteiger charge is -2.23. The molecule has 0 spiro atoms. The van der Waals surface area contributed by atoms with E-state index >= 15 is 0 Å². The molecule has 2 aromatic rings. The number of aromatic amines is 1. The van der Waals surface area contributed by atoms with Gasteiger partial charge in [-0.1, -0.05) is 0 Å². The number of fused-ring (bicyclic) bond motifs is 1. The third kappa shape index (κ3) is 3.16. The van der Waals surface area contributed by atoms with Crippen molar-refractivity contribution in [2.45, 2.75) is 39.0 Å². The Hall–Kier alpha value is -1.83. The van der Waals surface area contributed by atoms with Crippen molar-refractivity contribution in [3.8, 4) is 0 Å². The second kappa shape index (κ2) is 5.75. The van der Waals surface area contributed by atoms with Crippen LogP contribution in [0.15, 0.2) is 12.4 Å². The topological polar surface area (TPSA) is 58.5 Å². The minimum absolute atomic E-state index is 0.315. The van der Waals surface area contributed by atoms with Crippen molar-refractivity contribution in [2.24, 2.45) is 5.92 Å². The first-order valence-corrected chi connectivity index (χ1v) is 7.26. The zero-order chi connectivity index (χ0) is 15.7. The number of nitrogens with zero attached hydrogens (tertiary/aromatic N) is 3. The molecule has 3 heterocycles. The van der Waals surface area contributed by atoms with E-state index in [1.165, 1.54) is 0 Å². The van der Waals surface area contributed by atoms with Crippen molar-refractivity contribution in [3.05, 3.63) is 35.2 Å². The van der Waals surface area contributed by atoms with Crippen LogP contribution in [0.3, 0.4) is 0 Å². The molecule has 0 aromatic carbocycles. The van der Waals surface area contributed by atoms with Gasteiger partial charge in [0.15, 0.2) is 5.69 Å². The summed E-state index contributed by atoms with van der Waals surface area (Å²) >= 11 is 0. The predicted octanol–water partition coefficient (Wildman–Crippen LogP) is 2.29. The van der Waals surface area contributed by atoms with E-state index in [-0.39, 0.29) is 0 Å². The largest absolute Gasteiger partial charge is 0.434 e. The number of hydrogen-bond donors (Lipinski definition) is 2. The number of alkyl halides is 3. The molecule has 3 rings (SSSR count). The van der Waals surface area contributed by atoms with Gasteiger partial charge in [-0.3, -0.25) is 5.10 Å². The Morgan fingerprint density at radius 1 is 1.45 bits per heavy atom. The molecule has 8 heteroatoms. The molecule has 0 unspecified atom stereocenters. The first-order chi connectivity index (χ1) is 10.4. The van der Waals surface area contributed by atoms with Crippen molar-refractivity contribution in [1.29, 1.82) is 0 Å². The monoisotopic (exact) mass is 313 g/mol.